The van der Waals surface area contributed by atoms with E-state index in [0.717, 1.165) is 35.8 Å². The van der Waals surface area contributed by atoms with Crippen LogP contribution in [-0.2, 0) is 27.9 Å². The highest BCUT2D eigenvalue weighted by atomic mass is 35.5. The maximum Gasteiger partial charge on any atom is 0.243 e. The second kappa shape index (κ2) is 10.6. The molecule has 1 N–H and O–H groups in total. The van der Waals surface area contributed by atoms with E-state index < -0.39 is 22.0 Å². The Balaban J connectivity index is 1.73. The molecular weight excluding hydrogens is 450 g/mol. The number of halogens is 1. The van der Waals surface area contributed by atoms with Crippen molar-refractivity contribution < 1.29 is 17.9 Å². The number of carbonyl (C=O) groups excluding carboxylic acids is 1. The van der Waals surface area contributed by atoms with Crippen LogP contribution < -0.4 is 14.4 Å². The minimum atomic E-state index is -3.79. The minimum Gasteiger partial charge on any atom is -0.495 e. The zero-order valence-electron chi connectivity index (χ0n) is 18.7. The summed E-state index contributed by atoms with van der Waals surface area (Å²) in [5.74, 6) is -0.100. The number of amides is 1. The lowest BCUT2D eigenvalue weighted by Gasteiger charge is -2.29. The molecule has 0 spiro atoms. The number of hydrogen-bond donors (Lipinski definition) is 1. The van der Waals surface area contributed by atoms with Crippen LogP contribution in [0, 0.1) is 0 Å². The van der Waals surface area contributed by atoms with Crippen LogP contribution in [0.3, 0.4) is 0 Å². The molecule has 9 heteroatoms. The van der Waals surface area contributed by atoms with E-state index in [1.807, 2.05) is 12.1 Å². The minimum absolute atomic E-state index is 0.220. The molecule has 2 aromatic rings. The molecule has 1 aliphatic rings. The van der Waals surface area contributed by atoms with Crippen molar-refractivity contribution in [2.45, 2.75) is 38.9 Å². The molecule has 1 heterocycles. The first-order valence-electron chi connectivity index (χ1n) is 10.6. The summed E-state index contributed by atoms with van der Waals surface area (Å²) in [7, 11) is -2.35. The van der Waals surface area contributed by atoms with Gasteiger partial charge < -0.3 is 10.1 Å². The van der Waals surface area contributed by atoms with Gasteiger partial charge in [0.05, 0.1) is 19.1 Å². The normalized spacial score (nSPS) is 15.4. The number of sulfonamides is 1. The van der Waals surface area contributed by atoms with Crippen LogP contribution in [0.4, 0.5) is 5.69 Å². The first-order valence-corrected chi connectivity index (χ1v) is 12.8. The maximum atomic E-state index is 12.9. The number of ether oxygens (including phenoxy) is 1. The third-order valence-electron chi connectivity index (χ3n) is 5.53. The van der Waals surface area contributed by atoms with Gasteiger partial charge in [0.25, 0.3) is 0 Å². The van der Waals surface area contributed by atoms with Crippen LogP contribution in [0.15, 0.2) is 42.5 Å². The number of nitrogens with zero attached hydrogens (tertiary/aromatic N) is 2. The van der Waals surface area contributed by atoms with Crippen LogP contribution >= 0.6 is 11.6 Å². The van der Waals surface area contributed by atoms with Crippen LogP contribution in [0.2, 0.25) is 5.02 Å². The number of rotatable bonds is 9. The largest absolute Gasteiger partial charge is 0.495 e. The molecule has 174 valence electrons. The molecule has 32 heavy (non-hydrogen) atoms. The number of benzene rings is 2. The van der Waals surface area contributed by atoms with Gasteiger partial charge in [-0.2, -0.15) is 0 Å². The molecule has 0 unspecified atom stereocenters. The number of hydrogen-bond acceptors (Lipinski definition) is 5. The third-order valence-corrected chi connectivity index (χ3v) is 6.99. The van der Waals surface area contributed by atoms with Gasteiger partial charge >= 0.3 is 0 Å². The number of carbonyl (C=O) groups is 1. The van der Waals surface area contributed by atoms with E-state index in [4.69, 9.17) is 16.3 Å². The Morgan fingerprint density at radius 1 is 1.19 bits per heavy atom. The Hall–Kier alpha value is -2.29. The Morgan fingerprint density at radius 3 is 2.53 bits per heavy atom. The van der Waals surface area contributed by atoms with Crippen molar-refractivity contribution in [1.82, 2.24) is 10.2 Å². The van der Waals surface area contributed by atoms with E-state index >= 15 is 0 Å². The van der Waals surface area contributed by atoms with Gasteiger partial charge in [0.15, 0.2) is 0 Å². The van der Waals surface area contributed by atoms with Gasteiger partial charge in [-0.15, -0.1) is 0 Å². The monoisotopic (exact) mass is 479 g/mol. The molecule has 0 bridgehead atoms. The van der Waals surface area contributed by atoms with Crippen LogP contribution in [0.5, 0.6) is 5.75 Å². The van der Waals surface area contributed by atoms with Gasteiger partial charge in [0, 0.05) is 18.1 Å². The van der Waals surface area contributed by atoms with Gasteiger partial charge in [0.2, 0.25) is 15.9 Å². The molecule has 1 saturated heterocycles. The van der Waals surface area contributed by atoms with Crippen LogP contribution in [0.1, 0.15) is 30.9 Å². The van der Waals surface area contributed by atoms with Crippen LogP contribution in [-0.4, -0.2) is 51.7 Å². The average Bonchev–Trinajstić information content (AvgIpc) is 3.24. The van der Waals surface area contributed by atoms with E-state index in [-0.39, 0.29) is 5.69 Å². The van der Waals surface area contributed by atoms with E-state index in [1.165, 1.54) is 31.6 Å². The Bertz CT molecular complexity index is 1050. The molecule has 1 atom stereocenters. The molecule has 1 amide bonds. The summed E-state index contributed by atoms with van der Waals surface area (Å²) in [6, 6.07) is 11.8. The van der Waals surface area contributed by atoms with E-state index in [2.05, 4.69) is 22.3 Å². The topological polar surface area (TPSA) is 79.0 Å². The van der Waals surface area contributed by atoms with Crippen molar-refractivity contribution >= 4 is 33.2 Å². The lowest BCUT2D eigenvalue weighted by atomic mass is 10.1. The zero-order valence-corrected chi connectivity index (χ0v) is 20.2. The highest BCUT2D eigenvalue weighted by molar-refractivity contribution is 7.92. The fourth-order valence-corrected chi connectivity index (χ4v) is 5.33. The van der Waals surface area contributed by atoms with Gasteiger partial charge in [-0.25, -0.2) is 8.42 Å². The van der Waals surface area contributed by atoms with Crippen molar-refractivity contribution in [2.24, 2.45) is 0 Å². The van der Waals surface area contributed by atoms with E-state index in [0.29, 0.717) is 17.3 Å². The summed E-state index contributed by atoms with van der Waals surface area (Å²) >= 11 is 6.09. The van der Waals surface area contributed by atoms with Gasteiger partial charge in [-0.05, 0) is 62.2 Å². The quantitative estimate of drug-likeness (QED) is 0.596. The maximum absolute atomic E-state index is 12.9. The third kappa shape index (κ3) is 6.15. The highest BCUT2D eigenvalue weighted by Gasteiger charge is 2.31. The lowest BCUT2D eigenvalue weighted by molar-refractivity contribution is -0.122. The molecule has 0 aromatic heterocycles. The summed E-state index contributed by atoms with van der Waals surface area (Å²) in [6.45, 7) is 4.98. The van der Waals surface area contributed by atoms with Gasteiger partial charge in [0.1, 0.15) is 11.8 Å². The Morgan fingerprint density at radius 2 is 1.88 bits per heavy atom. The predicted octanol–water partition coefficient (Wildman–Crippen LogP) is 3.42. The summed E-state index contributed by atoms with van der Waals surface area (Å²) in [5.41, 5.74) is 2.39. The average molecular weight is 480 g/mol. The second-order valence-corrected chi connectivity index (χ2v) is 10.4. The number of anilines is 1. The molecule has 7 nitrogen and oxygen atoms in total. The van der Waals surface area contributed by atoms with Crippen molar-refractivity contribution in [1.29, 1.82) is 0 Å². The summed E-state index contributed by atoms with van der Waals surface area (Å²) in [5, 5.41) is 3.21. The SMILES string of the molecule is COc1ccc(Cl)cc1N([C@H](C)C(=O)NCc1cccc(CN2CCCC2)c1)S(C)(=O)=O. The number of methoxy groups -OCH3 is 1. The molecule has 2 aromatic carbocycles. The predicted molar refractivity (Wildman–Crippen MR) is 128 cm³/mol. The Labute approximate surface area is 195 Å². The van der Waals surface area contributed by atoms with Gasteiger partial charge in [-0.3, -0.25) is 14.0 Å². The Kier molecular flexibility index (Phi) is 8.03. The van der Waals surface area contributed by atoms with Crippen molar-refractivity contribution in [2.75, 3.05) is 30.8 Å². The van der Waals surface area contributed by atoms with Gasteiger partial charge in [-0.1, -0.05) is 35.9 Å². The molecular formula is C23H30ClN3O4S. The number of likely N-dealkylation sites (tertiary alicyclic amines) is 1. The molecule has 3 rings (SSSR count). The standard InChI is InChI=1S/C23H30ClN3O4S/c1-17(27(32(3,29)30)21-14-20(24)9-10-22(21)31-2)23(28)25-15-18-7-6-8-19(13-18)16-26-11-4-5-12-26/h6-10,13-14,17H,4-5,11-12,15-16H2,1-3H3,(H,25,28)/t17-/m1/s1. The van der Waals surface area contributed by atoms with Crippen LogP contribution in [0.25, 0.3) is 0 Å². The second-order valence-electron chi connectivity index (χ2n) is 8.07. The summed E-state index contributed by atoms with van der Waals surface area (Å²) in [4.78, 5) is 15.3. The first kappa shape index (κ1) is 24.4. The molecule has 0 radical (unpaired) electrons. The van der Waals surface area contributed by atoms with Crippen molar-refractivity contribution in [3.63, 3.8) is 0 Å². The molecule has 0 aliphatic carbocycles. The lowest BCUT2D eigenvalue weighted by Crippen LogP contribution is -2.47. The first-order chi connectivity index (χ1) is 15.2. The van der Waals surface area contributed by atoms with E-state index in [1.54, 1.807) is 19.1 Å². The smallest absolute Gasteiger partial charge is 0.243 e. The summed E-state index contributed by atoms with van der Waals surface area (Å²) in [6.07, 6.45) is 3.53. The fourth-order valence-electron chi connectivity index (χ4n) is 3.99. The zero-order chi connectivity index (χ0) is 23.3. The number of nitrogens with one attached hydrogen (secondary N) is 1. The molecule has 1 fully saturated rings. The highest BCUT2D eigenvalue weighted by Crippen LogP contribution is 2.34. The summed E-state index contributed by atoms with van der Waals surface area (Å²) < 4.78 is 31.5. The van der Waals surface area contributed by atoms with Crippen molar-refractivity contribution in [3.05, 3.63) is 58.6 Å². The molecule has 0 saturated carbocycles. The fraction of sp³-hybridized carbons (Fsp3) is 0.435. The van der Waals surface area contributed by atoms with Crippen molar-refractivity contribution in [3.8, 4) is 5.75 Å². The molecule has 1 aliphatic heterocycles. The van der Waals surface area contributed by atoms with E-state index in [9.17, 15) is 13.2 Å².